The number of benzene rings is 1. The fourth-order valence-corrected chi connectivity index (χ4v) is 2.43. The minimum Gasteiger partial charge on any atom is -0.329 e. The first-order chi connectivity index (χ1) is 9.08. The van der Waals surface area contributed by atoms with Gasteiger partial charge in [-0.25, -0.2) is 9.37 Å². The second kappa shape index (κ2) is 4.43. The molecule has 0 saturated heterocycles. The Kier molecular flexibility index (Phi) is 2.88. The van der Waals surface area contributed by atoms with Gasteiger partial charge in [0.1, 0.15) is 0 Å². The number of nitrogens with zero attached hydrogens (tertiary/aromatic N) is 2. The maximum atomic E-state index is 14.1. The highest BCUT2D eigenvalue weighted by Gasteiger charge is 2.13. The third-order valence-electron chi connectivity index (χ3n) is 2.84. The average molecular weight is 294 g/mol. The van der Waals surface area contributed by atoms with E-state index in [0.29, 0.717) is 16.1 Å². The van der Waals surface area contributed by atoms with E-state index in [-0.39, 0.29) is 5.02 Å². The van der Waals surface area contributed by atoms with Gasteiger partial charge in [0.05, 0.1) is 16.2 Å². The van der Waals surface area contributed by atoms with Crippen molar-refractivity contribution in [3.05, 3.63) is 51.6 Å². The molecule has 0 aliphatic rings. The number of imidazole rings is 1. The normalized spacial score (nSPS) is 11.1. The molecular formula is C13H9ClFN3S. The van der Waals surface area contributed by atoms with E-state index in [1.807, 2.05) is 19.1 Å². The van der Waals surface area contributed by atoms with Gasteiger partial charge >= 0.3 is 0 Å². The van der Waals surface area contributed by atoms with Gasteiger partial charge in [0.2, 0.25) is 0 Å². The van der Waals surface area contributed by atoms with Crippen molar-refractivity contribution in [2.45, 2.75) is 6.92 Å². The highest BCUT2D eigenvalue weighted by molar-refractivity contribution is 7.71. The number of aromatic nitrogens is 3. The Morgan fingerprint density at radius 2 is 2.11 bits per heavy atom. The molecule has 0 fully saturated rings. The van der Waals surface area contributed by atoms with Crippen LogP contribution in [0.3, 0.4) is 0 Å². The molecule has 0 saturated carbocycles. The average Bonchev–Trinajstić information content (AvgIpc) is 2.69. The summed E-state index contributed by atoms with van der Waals surface area (Å²) in [5.41, 5.74) is 2.47. The number of H-pyrrole nitrogens is 1. The lowest BCUT2D eigenvalue weighted by atomic mass is 10.3. The quantitative estimate of drug-likeness (QED) is 0.683. The summed E-state index contributed by atoms with van der Waals surface area (Å²) in [6.07, 6.45) is 0. The Morgan fingerprint density at radius 3 is 2.89 bits per heavy atom. The van der Waals surface area contributed by atoms with Crippen LogP contribution >= 0.6 is 23.8 Å². The largest absolute Gasteiger partial charge is 0.329 e. The highest BCUT2D eigenvalue weighted by atomic mass is 35.5. The van der Waals surface area contributed by atoms with Gasteiger partial charge in [0.15, 0.2) is 16.2 Å². The van der Waals surface area contributed by atoms with Gasteiger partial charge in [0, 0.05) is 5.69 Å². The Balaban J connectivity index is 2.42. The summed E-state index contributed by atoms with van der Waals surface area (Å²) < 4.78 is 16.1. The Morgan fingerprint density at radius 1 is 1.32 bits per heavy atom. The van der Waals surface area contributed by atoms with Crippen molar-refractivity contribution in [2.75, 3.05) is 0 Å². The molecule has 0 atom stereocenters. The molecule has 3 nitrogen and oxygen atoms in total. The molecule has 1 aromatic carbocycles. The molecule has 1 N–H and O–H groups in total. The predicted octanol–water partition coefficient (Wildman–Crippen LogP) is 4.18. The lowest BCUT2D eigenvalue weighted by Gasteiger charge is -2.06. The zero-order valence-electron chi connectivity index (χ0n) is 9.95. The van der Waals surface area contributed by atoms with E-state index in [4.69, 9.17) is 23.8 Å². The fourth-order valence-electron chi connectivity index (χ4n) is 1.97. The fraction of sp³-hybridized carbons (Fsp3) is 0.0769. The number of pyridine rings is 1. The van der Waals surface area contributed by atoms with Crippen LogP contribution in [0.4, 0.5) is 4.39 Å². The van der Waals surface area contributed by atoms with Crippen molar-refractivity contribution in [1.29, 1.82) is 0 Å². The number of nitrogens with one attached hydrogen (secondary N) is 1. The Labute approximate surface area is 118 Å². The van der Waals surface area contributed by atoms with Gasteiger partial charge < -0.3 is 4.98 Å². The zero-order valence-corrected chi connectivity index (χ0v) is 11.5. The van der Waals surface area contributed by atoms with Crippen LogP contribution in [0.25, 0.3) is 16.9 Å². The Bertz CT molecular complexity index is 838. The van der Waals surface area contributed by atoms with Crippen LogP contribution in [-0.4, -0.2) is 14.5 Å². The molecule has 0 bridgehead atoms. The van der Waals surface area contributed by atoms with Gasteiger partial charge in [-0.15, -0.1) is 0 Å². The second-order valence-electron chi connectivity index (χ2n) is 4.16. The van der Waals surface area contributed by atoms with E-state index >= 15 is 0 Å². The molecule has 0 aliphatic carbocycles. The molecule has 6 heteroatoms. The van der Waals surface area contributed by atoms with Crippen LogP contribution in [-0.2, 0) is 0 Å². The van der Waals surface area contributed by atoms with Crippen molar-refractivity contribution in [3.8, 4) is 5.69 Å². The lowest BCUT2D eigenvalue weighted by molar-refractivity contribution is 0.619. The number of aryl methyl sites for hydroxylation is 1. The van der Waals surface area contributed by atoms with E-state index in [1.54, 1.807) is 16.7 Å². The van der Waals surface area contributed by atoms with Crippen molar-refractivity contribution in [3.63, 3.8) is 0 Å². The number of hydrogen-bond acceptors (Lipinski definition) is 2. The molecule has 0 unspecified atom stereocenters. The van der Waals surface area contributed by atoms with Gasteiger partial charge in [-0.05, 0) is 43.4 Å². The standard InChI is InChI=1S/C13H9ClFN3S/c1-7-5-6-9-12(16-7)18(13(19)17-9)10-4-2-3-8(14)11(10)15/h2-6H,1H3,(H,17,19). The molecule has 0 radical (unpaired) electrons. The highest BCUT2D eigenvalue weighted by Crippen LogP contribution is 2.24. The number of hydrogen-bond donors (Lipinski definition) is 1. The summed E-state index contributed by atoms with van der Waals surface area (Å²) >= 11 is 11.1. The SMILES string of the molecule is Cc1ccc2[nH]c(=S)n(-c3cccc(Cl)c3F)c2n1. The van der Waals surface area contributed by atoms with E-state index in [9.17, 15) is 4.39 Å². The minimum absolute atomic E-state index is 0.0569. The van der Waals surface area contributed by atoms with E-state index < -0.39 is 5.82 Å². The monoisotopic (exact) mass is 293 g/mol. The Hall–Kier alpha value is -1.72. The van der Waals surface area contributed by atoms with Crippen LogP contribution in [0.15, 0.2) is 30.3 Å². The summed E-state index contributed by atoms with van der Waals surface area (Å²) in [5, 5.41) is 0.0569. The van der Waals surface area contributed by atoms with E-state index in [2.05, 4.69) is 9.97 Å². The van der Waals surface area contributed by atoms with Gasteiger partial charge in [0.25, 0.3) is 0 Å². The molecular weight excluding hydrogens is 285 g/mol. The first-order valence-corrected chi connectivity index (χ1v) is 6.39. The van der Waals surface area contributed by atoms with Crippen LogP contribution in [0.2, 0.25) is 5.02 Å². The summed E-state index contributed by atoms with van der Waals surface area (Å²) in [5.74, 6) is -0.510. The zero-order chi connectivity index (χ0) is 13.6. The molecule has 96 valence electrons. The number of rotatable bonds is 1. The number of halogens is 2. The van der Waals surface area contributed by atoms with Gasteiger partial charge in [-0.3, -0.25) is 4.57 Å². The van der Waals surface area contributed by atoms with E-state index in [0.717, 1.165) is 11.2 Å². The second-order valence-corrected chi connectivity index (χ2v) is 4.96. The molecule has 2 aromatic heterocycles. The predicted molar refractivity (Wildman–Crippen MR) is 76.0 cm³/mol. The third kappa shape index (κ3) is 1.95. The van der Waals surface area contributed by atoms with Crippen molar-refractivity contribution >= 4 is 35.0 Å². The first kappa shape index (κ1) is 12.3. The molecule has 3 aromatic rings. The maximum absolute atomic E-state index is 14.1. The first-order valence-electron chi connectivity index (χ1n) is 5.60. The topological polar surface area (TPSA) is 33.6 Å². The molecule has 0 amide bonds. The van der Waals surface area contributed by atoms with Crippen LogP contribution in [0, 0.1) is 17.5 Å². The van der Waals surface area contributed by atoms with Gasteiger partial charge in [-0.1, -0.05) is 17.7 Å². The minimum atomic E-state index is -0.510. The molecule has 0 spiro atoms. The van der Waals surface area contributed by atoms with Crippen LogP contribution < -0.4 is 0 Å². The summed E-state index contributed by atoms with van der Waals surface area (Å²) in [6, 6.07) is 8.53. The van der Waals surface area contributed by atoms with E-state index in [1.165, 1.54) is 6.07 Å². The van der Waals surface area contributed by atoms with Crippen molar-refractivity contribution in [2.24, 2.45) is 0 Å². The third-order valence-corrected chi connectivity index (χ3v) is 3.42. The van der Waals surface area contributed by atoms with Crippen LogP contribution in [0.5, 0.6) is 0 Å². The molecule has 19 heavy (non-hydrogen) atoms. The van der Waals surface area contributed by atoms with Crippen molar-refractivity contribution < 1.29 is 4.39 Å². The summed E-state index contributed by atoms with van der Waals surface area (Å²) in [6.45, 7) is 1.87. The molecule has 2 heterocycles. The summed E-state index contributed by atoms with van der Waals surface area (Å²) in [4.78, 5) is 7.40. The summed E-state index contributed by atoms with van der Waals surface area (Å²) in [7, 11) is 0. The smallest absolute Gasteiger partial charge is 0.184 e. The number of fused-ring (bicyclic) bond motifs is 1. The van der Waals surface area contributed by atoms with Crippen LogP contribution in [0.1, 0.15) is 5.69 Å². The molecule has 0 aliphatic heterocycles. The van der Waals surface area contributed by atoms with Crippen molar-refractivity contribution in [1.82, 2.24) is 14.5 Å². The van der Waals surface area contributed by atoms with Gasteiger partial charge in [-0.2, -0.15) is 0 Å². The maximum Gasteiger partial charge on any atom is 0.184 e. The molecule has 3 rings (SSSR count). The lowest BCUT2D eigenvalue weighted by Crippen LogP contribution is -2.00. The number of aromatic amines is 1.